The molecule has 2 fully saturated rings. The zero-order valence-electron chi connectivity index (χ0n) is 17.6. The number of amides is 1. The molecule has 7 nitrogen and oxygen atoms in total. The molecular weight excluding hydrogens is 437 g/mol. The fourth-order valence-corrected chi connectivity index (χ4v) is 5.20. The highest BCUT2D eigenvalue weighted by molar-refractivity contribution is 5.94. The van der Waals surface area contributed by atoms with Crippen molar-refractivity contribution in [3.63, 3.8) is 0 Å². The van der Waals surface area contributed by atoms with E-state index in [1.54, 1.807) is 12.3 Å². The summed E-state index contributed by atoms with van der Waals surface area (Å²) in [5.41, 5.74) is 2.34. The lowest BCUT2D eigenvalue weighted by Crippen LogP contribution is -2.47. The van der Waals surface area contributed by atoms with E-state index >= 15 is 0 Å². The van der Waals surface area contributed by atoms with Crippen molar-refractivity contribution in [1.82, 2.24) is 24.8 Å². The van der Waals surface area contributed by atoms with Gasteiger partial charge in [-0.2, -0.15) is 0 Å². The highest BCUT2D eigenvalue weighted by Crippen LogP contribution is 2.32. The smallest absolute Gasteiger partial charge is 0.263 e. The molecule has 168 valence electrons. The molecule has 0 aliphatic carbocycles. The van der Waals surface area contributed by atoms with Crippen LogP contribution in [0.2, 0.25) is 0 Å². The van der Waals surface area contributed by atoms with Crippen molar-refractivity contribution in [2.24, 2.45) is 5.92 Å². The van der Waals surface area contributed by atoms with Crippen molar-refractivity contribution in [3.8, 4) is 0 Å². The molecule has 2 saturated heterocycles. The molecule has 1 amide bonds. The van der Waals surface area contributed by atoms with Crippen LogP contribution in [0.25, 0.3) is 0 Å². The number of likely N-dealkylation sites (tertiary alicyclic amines) is 1. The van der Waals surface area contributed by atoms with Crippen molar-refractivity contribution >= 4 is 30.7 Å². The maximum absolute atomic E-state index is 13.1. The van der Waals surface area contributed by atoms with Crippen LogP contribution in [0.1, 0.15) is 58.7 Å². The third kappa shape index (κ3) is 4.49. The van der Waals surface area contributed by atoms with Crippen LogP contribution in [0.15, 0.2) is 29.2 Å². The average molecular weight is 466 g/mol. The van der Waals surface area contributed by atoms with E-state index in [-0.39, 0.29) is 36.3 Å². The average Bonchev–Trinajstić information content (AvgIpc) is 2.74. The Hall–Kier alpha value is -1.96. The number of nitrogens with one attached hydrogen (secondary N) is 1. The molecule has 1 N–H and O–H groups in total. The molecule has 0 spiro atoms. The zero-order valence-corrected chi connectivity index (χ0v) is 19.3. The molecule has 2 aromatic heterocycles. The fourth-order valence-electron chi connectivity index (χ4n) is 5.20. The van der Waals surface area contributed by atoms with Crippen molar-refractivity contribution in [3.05, 3.63) is 57.5 Å². The Morgan fingerprint density at radius 2 is 1.87 bits per heavy atom. The van der Waals surface area contributed by atoms with Gasteiger partial charge in [0.25, 0.3) is 11.5 Å². The number of piperidine rings is 2. The summed E-state index contributed by atoms with van der Waals surface area (Å²) in [4.78, 5) is 36.8. The van der Waals surface area contributed by atoms with Crippen LogP contribution in [-0.2, 0) is 6.54 Å². The number of carbonyl (C=O) groups excluding carboxylic acids is 1. The Kier molecular flexibility index (Phi) is 7.39. The first-order valence-electron chi connectivity index (χ1n) is 10.6. The SMILES string of the molecule is Cc1nccc(C2CCN(C(=O)c3ccc4n(c3=O)C[C@@H]3CNC[C@H]4C3)CC2)n1.Cl.Cl. The number of rotatable bonds is 2. The van der Waals surface area contributed by atoms with E-state index in [0.29, 0.717) is 43.0 Å². The summed E-state index contributed by atoms with van der Waals surface area (Å²) in [6.45, 7) is 5.80. The number of aryl methyl sites for hydroxylation is 1. The largest absolute Gasteiger partial charge is 0.338 e. The lowest BCUT2D eigenvalue weighted by atomic mass is 9.84. The Balaban J connectivity index is 0.00000136. The summed E-state index contributed by atoms with van der Waals surface area (Å²) in [5, 5.41) is 3.46. The zero-order chi connectivity index (χ0) is 20.0. The van der Waals surface area contributed by atoms with Crippen LogP contribution in [-0.4, -0.2) is 51.5 Å². The Morgan fingerprint density at radius 3 is 2.61 bits per heavy atom. The highest BCUT2D eigenvalue weighted by atomic mass is 35.5. The molecule has 0 radical (unpaired) electrons. The van der Waals surface area contributed by atoms with E-state index < -0.39 is 0 Å². The van der Waals surface area contributed by atoms with Gasteiger partial charge in [0.05, 0.1) is 0 Å². The molecule has 5 rings (SSSR count). The lowest BCUT2D eigenvalue weighted by Gasteiger charge is -2.38. The first kappa shape index (κ1) is 23.7. The van der Waals surface area contributed by atoms with E-state index in [2.05, 4.69) is 15.3 Å². The predicted molar refractivity (Wildman–Crippen MR) is 124 cm³/mol. The Morgan fingerprint density at radius 1 is 1.10 bits per heavy atom. The first-order valence-corrected chi connectivity index (χ1v) is 10.6. The quantitative estimate of drug-likeness (QED) is 0.736. The minimum absolute atomic E-state index is 0. The van der Waals surface area contributed by atoms with E-state index in [1.165, 1.54) is 0 Å². The summed E-state index contributed by atoms with van der Waals surface area (Å²) in [5.74, 6) is 1.86. The van der Waals surface area contributed by atoms with Gasteiger partial charge in [0.2, 0.25) is 0 Å². The van der Waals surface area contributed by atoms with E-state index in [9.17, 15) is 9.59 Å². The van der Waals surface area contributed by atoms with Gasteiger partial charge < -0.3 is 14.8 Å². The van der Waals surface area contributed by atoms with Crippen molar-refractivity contribution < 1.29 is 4.79 Å². The summed E-state index contributed by atoms with van der Waals surface area (Å²) >= 11 is 0. The molecule has 5 heterocycles. The topological polar surface area (TPSA) is 80.1 Å². The van der Waals surface area contributed by atoms with Crippen LogP contribution in [0, 0.1) is 12.8 Å². The molecule has 0 aromatic carbocycles. The van der Waals surface area contributed by atoms with Gasteiger partial charge in [0.1, 0.15) is 11.4 Å². The van der Waals surface area contributed by atoms with Crippen LogP contribution >= 0.6 is 24.8 Å². The van der Waals surface area contributed by atoms with Gasteiger partial charge in [0.15, 0.2) is 0 Å². The molecular formula is C22H29Cl2N5O2. The third-order valence-electron chi connectivity index (χ3n) is 6.74. The summed E-state index contributed by atoms with van der Waals surface area (Å²) in [6, 6.07) is 5.72. The number of carbonyl (C=O) groups is 1. The van der Waals surface area contributed by atoms with Crippen molar-refractivity contribution in [2.45, 2.75) is 44.6 Å². The van der Waals surface area contributed by atoms with Crippen molar-refractivity contribution in [1.29, 1.82) is 0 Å². The van der Waals surface area contributed by atoms with Crippen LogP contribution in [0.3, 0.4) is 0 Å². The summed E-state index contributed by atoms with van der Waals surface area (Å²) in [7, 11) is 0. The van der Waals surface area contributed by atoms with Gasteiger partial charge in [-0.05, 0) is 56.8 Å². The molecule has 2 bridgehead atoms. The minimum Gasteiger partial charge on any atom is -0.338 e. The fraction of sp³-hybridized carbons (Fsp3) is 0.545. The number of halogens is 2. The number of fused-ring (bicyclic) bond motifs is 4. The Bertz CT molecular complexity index is 1000. The third-order valence-corrected chi connectivity index (χ3v) is 6.74. The van der Waals surface area contributed by atoms with Crippen LogP contribution < -0.4 is 10.9 Å². The second-order valence-electron chi connectivity index (χ2n) is 8.64. The maximum Gasteiger partial charge on any atom is 0.263 e. The first-order chi connectivity index (χ1) is 14.1. The monoisotopic (exact) mass is 465 g/mol. The van der Waals surface area contributed by atoms with Gasteiger partial charge in [-0.25, -0.2) is 9.97 Å². The van der Waals surface area contributed by atoms with Crippen LogP contribution in [0.4, 0.5) is 0 Å². The molecule has 2 aromatic rings. The van der Waals surface area contributed by atoms with Gasteiger partial charge in [-0.1, -0.05) is 0 Å². The number of pyridine rings is 1. The minimum atomic E-state index is -0.128. The number of hydrogen-bond acceptors (Lipinski definition) is 5. The van der Waals surface area contributed by atoms with Gasteiger partial charge in [-0.15, -0.1) is 24.8 Å². The van der Waals surface area contributed by atoms with Crippen LogP contribution in [0.5, 0.6) is 0 Å². The number of nitrogens with zero attached hydrogens (tertiary/aromatic N) is 4. The summed E-state index contributed by atoms with van der Waals surface area (Å²) in [6.07, 6.45) is 4.67. The van der Waals surface area contributed by atoms with Gasteiger partial charge in [0, 0.05) is 55.6 Å². The molecule has 9 heteroatoms. The van der Waals surface area contributed by atoms with Crippen molar-refractivity contribution in [2.75, 3.05) is 26.2 Å². The second-order valence-corrected chi connectivity index (χ2v) is 8.64. The lowest BCUT2D eigenvalue weighted by molar-refractivity contribution is 0.0708. The van der Waals surface area contributed by atoms with E-state index in [0.717, 1.165) is 49.6 Å². The molecule has 31 heavy (non-hydrogen) atoms. The Labute approximate surface area is 194 Å². The maximum atomic E-state index is 13.1. The van der Waals surface area contributed by atoms with Gasteiger partial charge in [-0.3, -0.25) is 9.59 Å². The molecule has 0 saturated carbocycles. The van der Waals surface area contributed by atoms with E-state index in [1.807, 2.05) is 28.5 Å². The highest BCUT2D eigenvalue weighted by Gasteiger charge is 2.33. The van der Waals surface area contributed by atoms with E-state index in [4.69, 9.17) is 0 Å². The molecule has 2 atom stereocenters. The second kappa shape index (κ2) is 9.67. The molecule has 0 unspecified atom stereocenters. The molecule has 3 aliphatic heterocycles. The van der Waals surface area contributed by atoms with Gasteiger partial charge >= 0.3 is 0 Å². The predicted octanol–water partition coefficient (Wildman–Crippen LogP) is 2.52. The number of aromatic nitrogens is 3. The number of hydrogen-bond donors (Lipinski definition) is 1. The normalized spacial score (nSPS) is 22.7. The standard InChI is InChI=1S/C22H27N5O2.2ClH/c1-14-24-7-4-19(25-14)16-5-8-26(9-6-16)21(28)18-2-3-20-17-10-15(11-23-12-17)13-27(20)22(18)29;;/h2-4,7,15-17,23H,5-6,8-13H2,1H3;2*1H/t15-,17+;;/m0../s1. The molecule has 3 aliphatic rings. The summed E-state index contributed by atoms with van der Waals surface area (Å²) < 4.78 is 1.86.